The summed E-state index contributed by atoms with van der Waals surface area (Å²) < 4.78 is 10.3. The van der Waals surface area contributed by atoms with E-state index in [-0.39, 0.29) is 36.2 Å². The summed E-state index contributed by atoms with van der Waals surface area (Å²) in [6.45, 7) is 6.34. The van der Waals surface area contributed by atoms with Crippen LogP contribution in [0.4, 0.5) is 4.79 Å². The topological polar surface area (TPSA) is 467 Å². The standard InChI is InChI=1S/C58H87BN8O21/c1-5-30(2)24-31(3)12-10-8-6-7-9-11-13-44(74)61-38-26-42(72)53(79)65-55(81)48-40(70)22-23-66(48)57(83)46(41(71)27-43(60)73)63-54(80)47(64-52(78)39-25-36(69)28-67(39)56(82)45(32(4)68)62-51(38)77)50(76)49(75)34-16-20-37(21-17-34)88-58(84)87-29-33-14-18-35(19-15-33)59(85)86/h14-21,30-32,36,38-42,45-50,53,68-72,75-76,79,85-86H,5-13,22-29H2,1-4H3,(H2,60,73)(H,61,74)(H,62,77)(H,63,80)(H,64,78)(H,65,81)/t30-,31+,32+,36+,38-,39-,40-,41+,42+,45-,46-,47-,48-,49-,50-,53+/m0/s1. The molecule has 0 unspecified atom stereocenters. The summed E-state index contributed by atoms with van der Waals surface area (Å²) in [7, 11) is -1.72. The van der Waals surface area contributed by atoms with Gasteiger partial charge < -0.3 is 102 Å². The predicted octanol–water partition coefficient (Wildman–Crippen LogP) is -3.65. The molecule has 0 spiro atoms. The monoisotopic (exact) mass is 1240 g/mol. The second-order valence-electron chi connectivity index (χ2n) is 23.3. The van der Waals surface area contributed by atoms with E-state index in [1.54, 1.807) is 0 Å². The Kier molecular flexibility index (Phi) is 27.9. The van der Waals surface area contributed by atoms with Gasteiger partial charge in [0.05, 0.1) is 30.8 Å². The third kappa shape index (κ3) is 20.9. The predicted molar refractivity (Wildman–Crippen MR) is 311 cm³/mol. The molecule has 3 aliphatic rings. The molecule has 17 N–H and O–H groups in total. The quantitative estimate of drug-likeness (QED) is 0.0209. The van der Waals surface area contributed by atoms with Crippen molar-refractivity contribution in [1.82, 2.24) is 36.4 Å². The van der Waals surface area contributed by atoms with E-state index in [9.17, 15) is 94.1 Å². The molecule has 16 atom stereocenters. The SMILES string of the molecule is CC[C@H](C)C[C@H](C)CCCCCCCCC(=O)N[C@H]1C[C@@H](O)[C@@H](O)NC(=O)[C@@H]2[C@@H](O)CCN2C(=O)[C@H]([C@H](O)CC(N)=O)NC(=O)[C@H]([C@H](O)[C@@H](O)c2ccc(OC(=O)OCc3ccc(B(O)O)cc3)cc2)NC(=O)[C@@H]2C[C@@H](O)CN2C(=O)[C@H]([C@@H](C)O)NC1=O. The van der Waals surface area contributed by atoms with Gasteiger partial charge in [-0.1, -0.05) is 102 Å². The zero-order valence-electron chi connectivity index (χ0n) is 49.9. The number of fused-ring (bicyclic) bond motifs is 2. The van der Waals surface area contributed by atoms with Gasteiger partial charge >= 0.3 is 13.3 Å². The molecule has 0 saturated carbocycles. The fourth-order valence-electron chi connectivity index (χ4n) is 10.9. The van der Waals surface area contributed by atoms with Crippen LogP contribution in [0.3, 0.4) is 0 Å². The Morgan fingerprint density at radius 3 is 1.95 bits per heavy atom. The number of nitrogens with one attached hydrogen (secondary N) is 5. The Hall–Kier alpha value is -6.87. The largest absolute Gasteiger partial charge is 0.514 e. The number of carbonyl (C=O) groups is 9. The van der Waals surface area contributed by atoms with Crippen LogP contribution in [0.1, 0.15) is 135 Å². The minimum Gasteiger partial charge on any atom is -0.429 e. The molecule has 3 aliphatic heterocycles. The van der Waals surface area contributed by atoms with Crippen LogP contribution in [0.15, 0.2) is 48.5 Å². The molecule has 0 radical (unpaired) electrons. The Morgan fingerprint density at radius 2 is 1.33 bits per heavy atom. The number of primary amides is 1. The van der Waals surface area contributed by atoms with Gasteiger partial charge in [0.25, 0.3) is 0 Å². The molecule has 3 heterocycles. The first-order chi connectivity index (χ1) is 41.6. The number of hydrogen-bond acceptors (Lipinski definition) is 21. The molecule has 29 nitrogen and oxygen atoms in total. The summed E-state index contributed by atoms with van der Waals surface area (Å²) in [5.74, 6) is -8.83. The van der Waals surface area contributed by atoms with Crippen molar-refractivity contribution < 1.29 is 104 Å². The average Bonchev–Trinajstić information content (AvgIpc) is 2.69. The van der Waals surface area contributed by atoms with E-state index in [2.05, 4.69) is 47.4 Å². The number of hydrogen-bond donors (Lipinski definition) is 16. The van der Waals surface area contributed by atoms with Crippen LogP contribution in [-0.2, 0) is 49.7 Å². The fourth-order valence-corrected chi connectivity index (χ4v) is 10.9. The van der Waals surface area contributed by atoms with Gasteiger partial charge in [-0.05, 0) is 66.7 Å². The van der Waals surface area contributed by atoms with Crippen molar-refractivity contribution in [3.63, 3.8) is 0 Å². The molecule has 2 aromatic carbocycles. The summed E-state index contributed by atoms with van der Waals surface area (Å²) in [5, 5.41) is 120. The van der Waals surface area contributed by atoms with E-state index in [1.165, 1.54) is 30.7 Å². The van der Waals surface area contributed by atoms with Crippen LogP contribution in [0, 0.1) is 11.8 Å². The summed E-state index contributed by atoms with van der Waals surface area (Å²) >= 11 is 0. The summed E-state index contributed by atoms with van der Waals surface area (Å²) in [5.41, 5.74) is 5.80. The molecule has 0 aromatic heterocycles. The minimum atomic E-state index is -2.47. The van der Waals surface area contributed by atoms with E-state index >= 15 is 0 Å². The maximum absolute atomic E-state index is 14.6. The molecular weight excluding hydrogens is 1160 g/mol. The molecular formula is C58H87BN8O21. The minimum absolute atomic E-state index is 0.103. The molecule has 5 rings (SSSR count). The van der Waals surface area contributed by atoms with Crippen LogP contribution in [0.2, 0.25) is 0 Å². The number of nitrogens with zero attached hydrogens (tertiary/aromatic N) is 2. The third-order valence-electron chi connectivity index (χ3n) is 16.1. The maximum atomic E-state index is 14.6. The summed E-state index contributed by atoms with van der Waals surface area (Å²) in [4.78, 5) is 126. The Labute approximate surface area is 509 Å². The van der Waals surface area contributed by atoms with Crippen LogP contribution in [0.25, 0.3) is 0 Å². The van der Waals surface area contributed by atoms with Gasteiger partial charge in [0.15, 0.2) is 6.23 Å². The Morgan fingerprint density at radius 1 is 0.716 bits per heavy atom. The number of aliphatic hydroxyl groups excluding tert-OH is 8. The lowest BCUT2D eigenvalue weighted by atomic mass is 9.80. The number of aliphatic hydroxyl groups is 8. The molecule has 2 aromatic rings. The summed E-state index contributed by atoms with van der Waals surface area (Å²) in [6, 6.07) is -2.04. The Balaban J connectivity index is 1.44. The number of amides is 8. The molecule has 0 aliphatic carbocycles. The van der Waals surface area contributed by atoms with Crippen molar-refractivity contribution in [2.45, 2.75) is 209 Å². The first-order valence-electron chi connectivity index (χ1n) is 29.8. The van der Waals surface area contributed by atoms with Crippen LogP contribution in [0.5, 0.6) is 5.75 Å². The number of carbonyl (C=O) groups excluding carboxylic acids is 9. The highest BCUT2D eigenvalue weighted by Crippen LogP contribution is 2.27. The number of unbranched alkanes of at least 4 members (excludes halogenated alkanes) is 5. The second kappa shape index (κ2) is 34.2. The van der Waals surface area contributed by atoms with E-state index in [0.29, 0.717) is 35.1 Å². The first kappa shape index (κ1) is 71.9. The molecule has 0 bridgehead atoms. The number of ether oxygens (including phenoxy) is 2. The van der Waals surface area contributed by atoms with Crippen molar-refractivity contribution in [1.29, 1.82) is 0 Å². The fraction of sp³-hybridized carbons (Fsp3) is 0.638. The van der Waals surface area contributed by atoms with Gasteiger partial charge in [0, 0.05) is 32.4 Å². The molecule has 3 fully saturated rings. The Bertz CT molecular complexity index is 2680. The molecule has 3 saturated heterocycles. The van der Waals surface area contributed by atoms with Crippen molar-refractivity contribution in [3.8, 4) is 5.75 Å². The van der Waals surface area contributed by atoms with Gasteiger partial charge in [0.2, 0.25) is 47.3 Å². The van der Waals surface area contributed by atoms with Gasteiger partial charge in [-0.2, -0.15) is 0 Å². The highest BCUT2D eigenvalue weighted by atomic mass is 16.7. The van der Waals surface area contributed by atoms with Crippen molar-refractivity contribution in [2.24, 2.45) is 17.6 Å². The lowest BCUT2D eigenvalue weighted by Gasteiger charge is -2.34. The van der Waals surface area contributed by atoms with Gasteiger partial charge in [0.1, 0.15) is 66.9 Å². The highest BCUT2D eigenvalue weighted by molar-refractivity contribution is 6.58. The summed E-state index contributed by atoms with van der Waals surface area (Å²) in [6.07, 6.45) is -12.2. The van der Waals surface area contributed by atoms with Gasteiger partial charge in [-0.15, -0.1) is 0 Å². The molecule has 488 valence electrons. The van der Waals surface area contributed by atoms with Crippen molar-refractivity contribution in [3.05, 3.63) is 59.7 Å². The first-order valence-corrected chi connectivity index (χ1v) is 29.8. The molecule has 88 heavy (non-hydrogen) atoms. The zero-order valence-corrected chi connectivity index (χ0v) is 49.9. The zero-order chi connectivity index (χ0) is 65.1. The number of rotatable bonds is 24. The number of benzene rings is 2. The lowest BCUT2D eigenvalue weighted by molar-refractivity contribution is -0.149. The highest BCUT2D eigenvalue weighted by Gasteiger charge is 2.49. The van der Waals surface area contributed by atoms with Crippen molar-refractivity contribution in [2.75, 3.05) is 13.1 Å². The smallest absolute Gasteiger partial charge is 0.429 e. The van der Waals surface area contributed by atoms with E-state index in [0.717, 1.165) is 74.6 Å². The second-order valence-corrected chi connectivity index (χ2v) is 23.3. The van der Waals surface area contributed by atoms with E-state index in [4.69, 9.17) is 15.2 Å². The number of nitrogens with two attached hydrogens (primary N) is 1. The van der Waals surface area contributed by atoms with Crippen molar-refractivity contribution >= 4 is 66.0 Å². The van der Waals surface area contributed by atoms with Gasteiger partial charge in [-0.25, -0.2) is 4.79 Å². The molecule has 8 amide bonds. The van der Waals surface area contributed by atoms with E-state index in [1.807, 2.05) is 0 Å². The normalized spacial score (nSPS) is 26.3. The molecule has 30 heteroatoms. The van der Waals surface area contributed by atoms with Gasteiger partial charge in [-0.3, -0.25) is 38.4 Å². The third-order valence-corrected chi connectivity index (χ3v) is 16.1. The van der Waals surface area contributed by atoms with E-state index < -0.39 is 178 Å². The average molecular weight is 1240 g/mol. The lowest BCUT2D eigenvalue weighted by Crippen LogP contribution is -2.64. The van der Waals surface area contributed by atoms with Crippen LogP contribution >= 0.6 is 0 Å². The maximum Gasteiger partial charge on any atom is 0.514 e. The van der Waals surface area contributed by atoms with Crippen LogP contribution < -0.4 is 42.5 Å². The van der Waals surface area contributed by atoms with Crippen LogP contribution in [-0.4, -0.2) is 213 Å².